The molecule has 7 aromatic rings. The molecule has 0 radical (unpaired) electrons. The summed E-state index contributed by atoms with van der Waals surface area (Å²) in [5, 5.41) is 3.82. The smallest absolute Gasteiger partial charge is 0.324 e. The Labute approximate surface area is 490 Å². The number of fused-ring (bicyclic) bond motifs is 20. The predicted octanol–water partition coefficient (Wildman–Crippen LogP) is 20.8. The second kappa shape index (κ2) is 32.6. The highest BCUT2D eigenvalue weighted by molar-refractivity contribution is 6.80. The zero-order valence-electron chi connectivity index (χ0n) is 50.5. The largest absolute Gasteiger partial charge is 1.44 e. The van der Waals surface area contributed by atoms with Crippen molar-refractivity contribution < 1.29 is 8.23 Å². The monoisotopic (exact) mass is 1140 g/mol. The molecule has 5 heterocycles. The Balaban J connectivity index is 0.000000212. The number of unbranched alkanes of at least 4 members (excludes halogenated alkanes) is 18. The lowest BCUT2D eigenvalue weighted by molar-refractivity contribution is 0.418. The molecule has 10 nitrogen and oxygen atoms in total. The van der Waals surface area contributed by atoms with Gasteiger partial charge >= 0.3 is 10.0 Å². The van der Waals surface area contributed by atoms with Gasteiger partial charge in [-0.05, 0) is 36.3 Å². The molecule has 0 amide bonds. The summed E-state index contributed by atoms with van der Waals surface area (Å²) in [6, 6.07) is 40.6. The fourth-order valence-electron chi connectivity index (χ4n) is 12.1. The molecule has 2 N–H and O–H groups in total. The van der Waals surface area contributed by atoms with E-state index in [9.17, 15) is 0 Å². The van der Waals surface area contributed by atoms with Crippen LogP contribution in [0, 0.1) is 0 Å². The molecule has 2 aliphatic heterocycles. The molecule has 81 heavy (non-hydrogen) atoms. The number of nitrogens with zero attached hydrogens (tertiary/aromatic N) is 6. The van der Waals surface area contributed by atoms with Gasteiger partial charge in [0.1, 0.15) is 22.6 Å². The van der Waals surface area contributed by atoms with Crippen LogP contribution < -0.4 is 0 Å². The van der Waals surface area contributed by atoms with Crippen molar-refractivity contribution in [2.45, 2.75) is 232 Å². The minimum atomic E-state index is -1.77. The Kier molecular flexibility index (Phi) is 24.9. The van der Waals surface area contributed by atoms with Crippen LogP contribution in [0.1, 0.15) is 196 Å². The fraction of sp³-hybridized carbons (Fsp3) is 0.529. The van der Waals surface area contributed by atoms with E-state index in [2.05, 4.69) is 51.5 Å². The van der Waals surface area contributed by atoms with E-state index >= 15 is 0 Å². The van der Waals surface area contributed by atoms with E-state index in [1.165, 1.54) is 190 Å². The predicted molar refractivity (Wildman–Crippen MR) is 349 cm³/mol. The van der Waals surface area contributed by atoms with Crippen LogP contribution in [0.3, 0.4) is 0 Å². The topological polar surface area (TPSA) is 127 Å². The van der Waals surface area contributed by atoms with Crippen LogP contribution in [-0.4, -0.2) is 66.5 Å². The van der Waals surface area contributed by atoms with Gasteiger partial charge in [-0.25, -0.2) is 29.9 Å². The Morgan fingerprint density at radius 3 is 0.741 bits per heavy atom. The fourth-order valence-corrected chi connectivity index (χ4v) is 23.4. The quantitative estimate of drug-likeness (QED) is 0.0302. The molecular weight excluding hydrogens is 1050 g/mol. The van der Waals surface area contributed by atoms with Gasteiger partial charge in [0, 0.05) is 43.8 Å². The van der Waals surface area contributed by atoms with Crippen molar-refractivity contribution in [2.24, 2.45) is 0 Å². The lowest BCUT2D eigenvalue weighted by atomic mass is 10.1. The molecule has 0 aliphatic carbocycles. The molecule has 0 unspecified atom stereocenters. The van der Waals surface area contributed by atoms with Gasteiger partial charge in [0.2, 0.25) is 0 Å². The number of aromatic nitrogens is 8. The third kappa shape index (κ3) is 17.0. The normalized spacial score (nSPS) is 12.1. The van der Waals surface area contributed by atoms with Crippen molar-refractivity contribution >= 4 is 70.8 Å². The molecule has 13 heteroatoms. The van der Waals surface area contributed by atoms with Crippen molar-refractivity contribution in [1.82, 2.24) is 39.9 Å². The Bertz CT molecular complexity index is 2770. The summed E-state index contributed by atoms with van der Waals surface area (Å²) in [4.78, 5) is 36.8. The second-order valence-electron chi connectivity index (χ2n) is 23.3. The molecule has 0 atom stereocenters. The summed E-state index contributed by atoms with van der Waals surface area (Å²) in [5.74, 6) is 2.39. The van der Waals surface area contributed by atoms with Crippen molar-refractivity contribution in [3.63, 3.8) is 0 Å². The van der Waals surface area contributed by atoms with Crippen LogP contribution in [0.15, 0.2) is 97.1 Å². The van der Waals surface area contributed by atoms with Gasteiger partial charge in [-0.15, -0.1) is 0 Å². The molecule has 8 bridgehead atoms. The molecule has 0 saturated carbocycles. The standard InChI is InChI=1S/C36H78O2Si3.C32H18N8/c1-7-13-19-25-31-40(32-26-20-14-8-2,33-27-21-15-9-3)37-39-38-41(34-28-22-16-10-4,35-29-23-17-11-5)36-30-24-18-12-6;1-2-10-18-17(9-1)25-33-26(18)38-28-21-13-5-6-14-22(21)30(35-28)40-32-24-16-8-7-15-23(24)31(36-32)39-29-20-12-4-3-11-19(20)27(34-29)37-25/h7-36H2,1-6H3;1-16H,(H2,33,34,35,36,37,38,39,40)/q+2;. The van der Waals surface area contributed by atoms with E-state index in [0.29, 0.717) is 55.9 Å². The van der Waals surface area contributed by atoms with Crippen LogP contribution in [0.5, 0.6) is 0 Å². The lowest BCUT2D eigenvalue weighted by Gasteiger charge is -2.24. The number of nitrogens with one attached hydrogen (secondary N) is 2. The summed E-state index contributed by atoms with van der Waals surface area (Å²) in [6.45, 7) is 14.1. The first-order valence-corrected chi connectivity index (χ1v) is 38.0. The van der Waals surface area contributed by atoms with Gasteiger partial charge < -0.3 is 9.97 Å². The highest BCUT2D eigenvalue weighted by atomic mass is 28.4. The van der Waals surface area contributed by atoms with E-state index in [1.807, 2.05) is 97.1 Å². The summed E-state index contributed by atoms with van der Waals surface area (Å²) in [6.07, 6.45) is 33.0. The minimum Gasteiger partial charge on any atom is -0.324 e. The summed E-state index contributed by atoms with van der Waals surface area (Å²) >= 11 is 0. The first-order chi connectivity index (χ1) is 39.9. The molecular formula is C68H96N8O2Si3+2. The number of rotatable bonds is 34. The van der Waals surface area contributed by atoms with Gasteiger partial charge in [0.15, 0.2) is 23.3 Å². The van der Waals surface area contributed by atoms with Crippen LogP contribution in [0.25, 0.3) is 89.7 Å². The van der Waals surface area contributed by atoms with E-state index in [4.69, 9.17) is 38.1 Å². The summed E-state index contributed by atoms with van der Waals surface area (Å²) < 4.78 is 14.6. The first kappa shape index (κ1) is 61.9. The first-order valence-electron chi connectivity index (χ1n) is 32.2. The maximum atomic E-state index is 7.29. The lowest BCUT2D eigenvalue weighted by Crippen LogP contribution is -2.45. The summed E-state index contributed by atoms with van der Waals surface area (Å²) in [5.41, 5.74) is 6.45. The molecule has 3 aromatic heterocycles. The van der Waals surface area contributed by atoms with Crippen LogP contribution in [-0.2, 0) is 8.23 Å². The average molecular weight is 1140 g/mol. The van der Waals surface area contributed by atoms with E-state index in [1.54, 1.807) is 0 Å². The molecule has 0 saturated heterocycles. The van der Waals surface area contributed by atoms with Crippen molar-refractivity contribution in [3.05, 3.63) is 97.1 Å². The highest BCUT2D eigenvalue weighted by Gasteiger charge is 2.64. The zero-order chi connectivity index (χ0) is 56.5. The second-order valence-corrected chi connectivity index (χ2v) is 32.8. The number of benzene rings is 4. The summed E-state index contributed by atoms with van der Waals surface area (Å²) in [7, 11) is -3.20. The Morgan fingerprint density at radius 1 is 0.296 bits per heavy atom. The number of hydrogen-bond donors (Lipinski definition) is 2. The molecule has 2 aliphatic rings. The highest BCUT2D eigenvalue weighted by Crippen LogP contribution is 2.38. The number of aromatic amines is 2. The van der Waals surface area contributed by atoms with Crippen molar-refractivity contribution in [3.8, 4) is 45.6 Å². The minimum absolute atomic E-state index is 0.332. The maximum Gasteiger partial charge on any atom is 1.44 e. The van der Waals surface area contributed by atoms with Gasteiger partial charge in [0.05, 0.1) is 0 Å². The molecule has 4 aromatic carbocycles. The zero-order valence-corrected chi connectivity index (χ0v) is 53.5. The SMILES string of the molecule is CCCCCC[Si](CCCCCC)(CCCCCC)O[Si+2]O[Si](CCCCCC)(CCCCCC)CCCCCC.c1ccc2c(c1)-c1nc-2nc2[nH]c(nc3nc(nc4[nH]c(n1)c1ccccc41)-c1ccccc1-3)c1ccccc21. The number of hydrogen-bond acceptors (Lipinski definition) is 8. The Morgan fingerprint density at radius 2 is 0.519 bits per heavy atom. The van der Waals surface area contributed by atoms with Gasteiger partial charge in [0.25, 0.3) is 16.6 Å². The van der Waals surface area contributed by atoms with Crippen LogP contribution in [0.4, 0.5) is 0 Å². The van der Waals surface area contributed by atoms with E-state index in [0.717, 1.165) is 43.8 Å². The third-order valence-electron chi connectivity index (χ3n) is 16.9. The average Bonchev–Trinajstić information content (AvgIpc) is 4.34. The third-order valence-corrected chi connectivity index (χ3v) is 28.6. The molecule has 0 fully saturated rings. The van der Waals surface area contributed by atoms with Gasteiger partial charge in [-0.3, -0.25) is 0 Å². The Hall–Kier alpha value is -5.19. The molecule has 0 spiro atoms. The van der Waals surface area contributed by atoms with Crippen molar-refractivity contribution in [1.29, 1.82) is 0 Å². The van der Waals surface area contributed by atoms with Gasteiger partial charge in [-0.1, -0.05) is 301 Å². The maximum absolute atomic E-state index is 7.29. The molecule has 9 rings (SSSR count). The van der Waals surface area contributed by atoms with Crippen LogP contribution in [0.2, 0.25) is 36.3 Å². The van der Waals surface area contributed by atoms with Crippen LogP contribution >= 0.6 is 0 Å². The molecule has 430 valence electrons. The van der Waals surface area contributed by atoms with E-state index in [-0.39, 0.29) is 0 Å². The van der Waals surface area contributed by atoms with Crippen molar-refractivity contribution in [2.75, 3.05) is 0 Å². The number of H-pyrrole nitrogens is 2. The van der Waals surface area contributed by atoms with E-state index < -0.39 is 16.6 Å². The van der Waals surface area contributed by atoms with Gasteiger partial charge in [-0.2, -0.15) is 0 Å².